The fourth-order valence-corrected chi connectivity index (χ4v) is 3.46. The van der Waals surface area contributed by atoms with Crippen LogP contribution >= 0.6 is 0 Å². The molecule has 0 spiro atoms. The van der Waals surface area contributed by atoms with Gasteiger partial charge in [0.15, 0.2) is 0 Å². The van der Waals surface area contributed by atoms with Gasteiger partial charge in [-0.05, 0) is 31.0 Å². The summed E-state index contributed by atoms with van der Waals surface area (Å²) >= 11 is 0. The number of hydrogen-bond acceptors (Lipinski definition) is 7. The Balaban J connectivity index is 1.36. The van der Waals surface area contributed by atoms with E-state index in [4.69, 9.17) is 9.26 Å². The molecule has 2 N–H and O–H groups in total. The van der Waals surface area contributed by atoms with E-state index in [-0.39, 0.29) is 18.5 Å². The van der Waals surface area contributed by atoms with Gasteiger partial charge in [0.25, 0.3) is 0 Å². The number of hydrogen-bond donors (Lipinski definition) is 2. The van der Waals surface area contributed by atoms with Crippen LogP contribution in [0.3, 0.4) is 0 Å². The van der Waals surface area contributed by atoms with E-state index in [1.807, 2.05) is 12.1 Å². The third-order valence-corrected chi connectivity index (χ3v) is 4.95. The fourth-order valence-electron chi connectivity index (χ4n) is 3.46. The number of benzene rings is 1. The highest BCUT2D eigenvalue weighted by Gasteiger charge is 2.22. The maximum Gasteiger partial charge on any atom is 0.246 e. The van der Waals surface area contributed by atoms with Crippen LogP contribution in [0.2, 0.25) is 0 Å². The standard InChI is InChI=1S/C19H25N5O3/c25-19(16-5-2-6-20-16)21-12-17-22-18(23-27-17)15-4-1-3-14(11-15)13-24-7-9-26-10-8-24/h1,3-4,11,16,20H,2,5-10,12-13H2,(H,21,25). The molecule has 0 saturated carbocycles. The minimum Gasteiger partial charge on any atom is -0.379 e. The molecule has 0 bridgehead atoms. The first-order chi connectivity index (χ1) is 13.3. The molecule has 2 aromatic rings. The summed E-state index contributed by atoms with van der Waals surface area (Å²) in [5, 5.41) is 10.1. The van der Waals surface area contributed by atoms with Crippen molar-refractivity contribution in [3.8, 4) is 11.4 Å². The second-order valence-electron chi connectivity index (χ2n) is 6.97. The molecule has 3 heterocycles. The monoisotopic (exact) mass is 371 g/mol. The number of amides is 1. The molecule has 1 aromatic heterocycles. The zero-order chi connectivity index (χ0) is 18.5. The van der Waals surface area contributed by atoms with E-state index < -0.39 is 0 Å². The summed E-state index contributed by atoms with van der Waals surface area (Å²) in [6, 6.07) is 8.07. The number of ether oxygens (including phenoxy) is 1. The van der Waals surface area contributed by atoms with Crippen molar-refractivity contribution in [1.82, 2.24) is 25.7 Å². The van der Waals surface area contributed by atoms with E-state index in [0.29, 0.717) is 11.7 Å². The second-order valence-corrected chi connectivity index (χ2v) is 6.97. The summed E-state index contributed by atoms with van der Waals surface area (Å²) in [5.74, 6) is 0.941. The number of aromatic nitrogens is 2. The Morgan fingerprint density at radius 2 is 2.22 bits per heavy atom. The van der Waals surface area contributed by atoms with Crippen LogP contribution in [0, 0.1) is 0 Å². The summed E-state index contributed by atoms with van der Waals surface area (Å²) in [4.78, 5) is 18.8. The molecule has 2 saturated heterocycles. The van der Waals surface area contributed by atoms with E-state index in [1.54, 1.807) is 0 Å². The molecule has 0 radical (unpaired) electrons. The Morgan fingerprint density at radius 3 is 3.04 bits per heavy atom. The van der Waals surface area contributed by atoms with Crippen LogP contribution in [0.5, 0.6) is 0 Å². The van der Waals surface area contributed by atoms with Crippen molar-refractivity contribution in [2.45, 2.75) is 32.0 Å². The zero-order valence-corrected chi connectivity index (χ0v) is 15.3. The average Bonchev–Trinajstić information content (AvgIpc) is 3.39. The minimum absolute atomic E-state index is 0.0141. The smallest absolute Gasteiger partial charge is 0.246 e. The topological polar surface area (TPSA) is 92.5 Å². The highest BCUT2D eigenvalue weighted by molar-refractivity contribution is 5.81. The fraction of sp³-hybridized carbons (Fsp3) is 0.526. The van der Waals surface area contributed by atoms with Gasteiger partial charge in [-0.15, -0.1) is 0 Å². The molecule has 144 valence electrons. The maximum atomic E-state index is 12.1. The van der Waals surface area contributed by atoms with Gasteiger partial charge in [-0.2, -0.15) is 4.98 Å². The molecule has 27 heavy (non-hydrogen) atoms. The summed E-state index contributed by atoms with van der Waals surface area (Å²) in [7, 11) is 0. The van der Waals surface area contributed by atoms with Crippen molar-refractivity contribution in [3.63, 3.8) is 0 Å². The first-order valence-corrected chi connectivity index (χ1v) is 9.51. The van der Waals surface area contributed by atoms with Crippen molar-refractivity contribution in [2.24, 2.45) is 0 Å². The highest BCUT2D eigenvalue weighted by atomic mass is 16.5. The number of nitrogens with one attached hydrogen (secondary N) is 2. The summed E-state index contributed by atoms with van der Waals surface area (Å²) in [5.41, 5.74) is 2.13. The van der Waals surface area contributed by atoms with Crippen LogP contribution in [0.25, 0.3) is 11.4 Å². The lowest BCUT2D eigenvalue weighted by atomic mass is 10.1. The van der Waals surface area contributed by atoms with Crippen LogP contribution in [-0.2, 0) is 22.6 Å². The van der Waals surface area contributed by atoms with Gasteiger partial charge in [0.05, 0.1) is 25.8 Å². The van der Waals surface area contributed by atoms with Crippen LogP contribution in [0.15, 0.2) is 28.8 Å². The summed E-state index contributed by atoms with van der Waals surface area (Å²) < 4.78 is 10.7. The molecule has 4 rings (SSSR count). The molecule has 0 aliphatic carbocycles. The largest absolute Gasteiger partial charge is 0.379 e. The zero-order valence-electron chi connectivity index (χ0n) is 15.3. The van der Waals surface area contributed by atoms with E-state index in [2.05, 4.69) is 37.8 Å². The Hall–Kier alpha value is -2.29. The Bertz CT molecular complexity index is 766. The van der Waals surface area contributed by atoms with Gasteiger partial charge in [-0.25, -0.2) is 0 Å². The minimum atomic E-state index is -0.107. The van der Waals surface area contributed by atoms with Crippen molar-refractivity contribution in [1.29, 1.82) is 0 Å². The van der Waals surface area contributed by atoms with Gasteiger partial charge in [0, 0.05) is 25.2 Å². The molecule has 2 aliphatic heterocycles. The lowest BCUT2D eigenvalue weighted by Crippen LogP contribution is -2.40. The van der Waals surface area contributed by atoms with Crippen molar-refractivity contribution in [3.05, 3.63) is 35.7 Å². The van der Waals surface area contributed by atoms with Gasteiger partial charge < -0.3 is 19.9 Å². The maximum absolute atomic E-state index is 12.1. The molecule has 1 unspecified atom stereocenters. The molecule has 8 heteroatoms. The van der Waals surface area contributed by atoms with E-state index in [0.717, 1.165) is 57.8 Å². The molecule has 8 nitrogen and oxygen atoms in total. The lowest BCUT2D eigenvalue weighted by molar-refractivity contribution is -0.123. The normalized spacial score (nSPS) is 20.7. The second kappa shape index (κ2) is 8.60. The number of nitrogens with zero attached hydrogens (tertiary/aromatic N) is 3. The highest BCUT2D eigenvalue weighted by Crippen LogP contribution is 2.19. The predicted molar refractivity (Wildman–Crippen MR) is 98.7 cm³/mol. The number of morpholine rings is 1. The third kappa shape index (κ3) is 4.71. The first kappa shape index (κ1) is 18.1. The van der Waals surface area contributed by atoms with Gasteiger partial charge in [0.1, 0.15) is 0 Å². The van der Waals surface area contributed by atoms with E-state index >= 15 is 0 Å². The Kier molecular flexibility index (Phi) is 5.76. The molecule has 2 fully saturated rings. The molecule has 2 aliphatic rings. The van der Waals surface area contributed by atoms with Gasteiger partial charge >= 0.3 is 0 Å². The average molecular weight is 371 g/mol. The first-order valence-electron chi connectivity index (χ1n) is 9.51. The Morgan fingerprint density at radius 1 is 1.33 bits per heavy atom. The van der Waals surface area contributed by atoms with E-state index in [9.17, 15) is 4.79 Å². The molecule has 1 atom stereocenters. The number of carbonyl (C=O) groups is 1. The molecular formula is C19H25N5O3. The van der Waals surface area contributed by atoms with Crippen LogP contribution in [0.1, 0.15) is 24.3 Å². The SMILES string of the molecule is O=C(NCc1nc(-c2cccc(CN3CCOCC3)c2)no1)C1CCCN1. The van der Waals surface area contributed by atoms with Crippen molar-refractivity contribution in [2.75, 3.05) is 32.8 Å². The van der Waals surface area contributed by atoms with Crippen molar-refractivity contribution >= 4 is 5.91 Å². The van der Waals surface area contributed by atoms with Gasteiger partial charge in [0.2, 0.25) is 17.6 Å². The quantitative estimate of drug-likeness (QED) is 0.781. The number of carbonyl (C=O) groups excluding carboxylic acids is 1. The predicted octanol–water partition coefficient (Wildman–Crippen LogP) is 0.937. The van der Waals surface area contributed by atoms with Crippen LogP contribution < -0.4 is 10.6 Å². The molecule has 1 aromatic carbocycles. The van der Waals surface area contributed by atoms with Gasteiger partial charge in [-0.3, -0.25) is 9.69 Å². The van der Waals surface area contributed by atoms with E-state index in [1.165, 1.54) is 5.56 Å². The van der Waals surface area contributed by atoms with Crippen LogP contribution in [-0.4, -0.2) is 59.8 Å². The van der Waals surface area contributed by atoms with Crippen LogP contribution in [0.4, 0.5) is 0 Å². The molecule has 1 amide bonds. The summed E-state index contributed by atoms with van der Waals surface area (Å²) in [6.07, 6.45) is 1.90. The summed E-state index contributed by atoms with van der Waals surface area (Å²) in [6.45, 7) is 5.50. The molecular weight excluding hydrogens is 346 g/mol. The number of rotatable bonds is 6. The lowest BCUT2D eigenvalue weighted by Gasteiger charge is -2.26. The van der Waals surface area contributed by atoms with Crippen molar-refractivity contribution < 1.29 is 14.1 Å². The third-order valence-electron chi connectivity index (χ3n) is 4.95. The Labute approximate surface area is 158 Å². The van der Waals surface area contributed by atoms with Gasteiger partial charge in [-0.1, -0.05) is 23.4 Å².